The number of amides is 1. The van der Waals surface area contributed by atoms with Gasteiger partial charge in [-0.1, -0.05) is 11.6 Å². The van der Waals surface area contributed by atoms with Crippen molar-refractivity contribution < 1.29 is 9.21 Å². The van der Waals surface area contributed by atoms with E-state index in [1.807, 2.05) is 13.0 Å². The molecule has 2 aromatic rings. The number of likely N-dealkylation sites (tertiary alicyclic amines) is 1. The van der Waals surface area contributed by atoms with Gasteiger partial charge in [-0.3, -0.25) is 14.4 Å². The second-order valence-electron chi connectivity index (χ2n) is 6.99. The first-order valence-electron chi connectivity index (χ1n) is 8.94. The molecule has 25 heavy (non-hydrogen) atoms. The lowest BCUT2D eigenvalue weighted by Gasteiger charge is -2.35. The van der Waals surface area contributed by atoms with Gasteiger partial charge in [0.05, 0.1) is 12.7 Å². The second-order valence-corrected chi connectivity index (χ2v) is 6.99. The Bertz CT molecular complexity index is 706. The summed E-state index contributed by atoms with van der Waals surface area (Å²) in [6, 6.07) is 4.60. The zero-order chi connectivity index (χ0) is 17.8. The van der Waals surface area contributed by atoms with Crippen LogP contribution in [0.5, 0.6) is 0 Å². The first-order valence-corrected chi connectivity index (χ1v) is 8.94. The first kappa shape index (κ1) is 17.7. The minimum Gasteiger partial charge on any atom is -0.465 e. The summed E-state index contributed by atoms with van der Waals surface area (Å²) in [4.78, 5) is 15.9. The van der Waals surface area contributed by atoms with Crippen molar-refractivity contribution in [3.63, 3.8) is 0 Å². The minimum absolute atomic E-state index is 0.112. The normalized spacial score (nSPS) is 18.4. The summed E-state index contributed by atoms with van der Waals surface area (Å²) in [5, 5.41) is 8.08. The van der Waals surface area contributed by atoms with E-state index in [1.165, 1.54) is 24.2 Å². The number of piperidine rings is 1. The topological polar surface area (TPSA) is 67.4 Å². The van der Waals surface area contributed by atoms with E-state index in [9.17, 15) is 4.79 Å². The van der Waals surface area contributed by atoms with Gasteiger partial charge in [-0.25, -0.2) is 0 Å². The van der Waals surface area contributed by atoms with Crippen molar-refractivity contribution in [2.24, 2.45) is 0 Å². The molecule has 3 heterocycles. The third-order valence-corrected chi connectivity index (χ3v) is 4.76. The lowest BCUT2D eigenvalue weighted by molar-refractivity contribution is 0.0822. The van der Waals surface area contributed by atoms with Gasteiger partial charge >= 0.3 is 0 Å². The van der Waals surface area contributed by atoms with E-state index in [0.29, 0.717) is 11.7 Å². The molecule has 1 saturated heterocycles. The molecule has 1 atom stereocenters. The molecule has 1 aliphatic heterocycles. The highest BCUT2D eigenvalue weighted by Gasteiger charge is 2.23. The van der Waals surface area contributed by atoms with E-state index in [-0.39, 0.29) is 5.91 Å². The second kappa shape index (κ2) is 7.82. The van der Waals surface area contributed by atoms with Crippen molar-refractivity contribution in [1.29, 1.82) is 0 Å². The molecule has 0 saturated carbocycles. The molecule has 0 aliphatic carbocycles. The number of carbonyl (C=O) groups excluding carboxylic acids is 1. The fourth-order valence-corrected chi connectivity index (χ4v) is 3.38. The van der Waals surface area contributed by atoms with Crippen LogP contribution in [0.15, 0.2) is 22.7 Å². The van der Waals surface area contributed by atoms with Crippen LogP contribution in [-0.2, 0) is 13.1 Å². The van der Waals surface area contributed by atoms with Crippen molar-refractivity contribution in [1.82, 2.24) is 24.8 Å². The van der Waals surface area contributed by atoms with Crippen LogP contribution in [0.2, 0.25) is 0 Å². The zero-order valence-electron chi connectivity index (χ0n) is 15.3. The Labute approximate surface area is 148 Å². The summed E-state index contributed by atoms with van der Waals surface area (Å²) >= 11 is 0. The Balaban J connectivity index is 1.57. The van der Waals surface area contributed by atoms with Crippen molar-refractivity contribution in [2.45, 2.75) is 51.7 Å². The Kier molecular flexibility index (Phi) is 5.53. The van der Waals surface area contributed by atoms with Crippen LogP contribution < -0.4 is 0 Å². The maximum absolute atomic E-state index is 11.9. The average Bonchev–Trinajstić information content (AvgIpc) is 3.22. The molecule has 7 nitrogen and oxygen atoms in total. The lowest BCUT2D eigenvalue weighted by atomic mass is 9.99. The largest absolute Gasteiger partial charge is 0.465 e. The van der Waals surface area contributed by atoms with Gasteiger partial charge < -0.3 is 9.32 Å². The molecule has 0 radical (unpaired) electrons. The Hall–Kier alpha value is -2.15. The number of aryl methyl sites for hydroxylation is 2. The van der Waals surface area contributed by atoms with Crippen LogP contribution in [0, 0.1) is 6.92 Å². The van der Waals surface area contributed by atoms with Crippen LogP contribution in [0.1, 0.15) is 47.7 Å². The van der Waals surface area contributed by atoms with Crippen LogP contribution in [-0.4, -0.2) is 57.4 Å². The standard InChI is InChI=1S/C18H27N5O2/c1-14-7-8-16(25-14)12-22-10-5-4-6-15(22)9-11-23-13-17(19-20-23)18(24)21(2)3/h7-8,13,15H,4-6,9-12H2,1-3H3. The van der Waals surface area contributed by atoms with Crippen molar-refractivity contribution in [3.8, 4) is 0 Å². The van der Waals surface area contributed by atoms with Crippen LogP contribution in [0.3, 0.4) is 0 Å². The molecule has 1 aliphatic rings. The predicted molar refractivity (Wildman–Crippen MR) is 94.2 cm³/mol. The van der Waals surface area contributed by atoms with Gasteiger partial charge in [-0.2, -0.15) is 0 Å². The van der Waals surface area contributed by atoms with Gasteiger partial charge in [0.25, 0.3) is 5.91 Å². The van der Waals surface area contributed by atoms with Crippen molar-refractivity contribution >= 4 is 5.91 Å². The molecule has 0 bridgehead atoms. The highest BCUT2D eigenvalue weighted by atomic mass is 16.3. The fraction of sp³-hybridized carbons (Fsp3) is 0.611. The SMILES string of the molecule is Cc1ccc(CN2CCCCC2CCn2cc(C(=O)N(C)C)nn2)o1. The van der Waals surface area contributed by atoms with E-state index >= 15 is 0 Å². The maximum Gasteiger partial charge on any atom is 0.275 e. The smallest absolute Gasteiger partial charge is 0.275 e. The summed E-state index contributed by atoms with van der Waals surface area (Å²) in [7, 11) is 3.44. The summed E-state index contributed by atoms with van der Waals surface area (Å²) in [6.45, 7) is 4.72. The maximum atomic E-state index is 11.9. The number of aromatic nitrogens is 3. The molecule has 1 amide bonds. The third-order valence-electron chi connectivity index (χ3n) is 4.76. The molecule has 2 aromatic heterocycles. The molecule has 0 spiro atoms. The number of rotatable bonds is 6. The summed E-state index contributed by atoms with van der Waals surface area (Å²) < 4.78 is 7.52. The van der Waals surface area contributed by atoms with Crippen LogP contribution >= 0.6 is 0 Å². The molecular weight excluding hydrogens is 318 g/mol. The fourth-order valence-electron chi connectivity index (χ4n) is 3.38. The van der Waals surface area contributed by atoms with E-state index in [1.54, 1.807) is 25.0 Å². The summed E-state index contributed by atoms with van der Waals surface area (Å²) in [5.41, 5.74) is 0.400. The number of carbonyl (C=O) groups is 1. The molecule has 7 heteroatoms. The summed E-state index contributed by atoms with van der Waals surface area (Å²) in [6.07, 6.45) is 6.43. The third kappa shape index (κ3) is 4.48. The van der Waals surface area contributed by atoms with Crippen LogP contribution in [0.4, 0.5) is 0 Å². The molecule has 1 unspecified atom stereocenters. The quantitative estimate of drug-likeness (QED) is 0.804. The molecule has 136 valence electrons. The van der Waals surface area contributed by atoms with E-state index in [2.05, 4.69) is 21.3 Å². The van der Waals surface area contributed by atoms with Gasteiger partial charge in [-0.05, 0) is 44.9 Å². The number of hydrogen-bond donors (Lipinski definition) is 0. The average molecular weight is 345 g/mol. The number of hydrogen-bond acceptors (Lipinski definition) is 5. The number of nitrogens with zero attached hydrogens (tertiary/aromatic N) is 5. The highest BCUT2D eigenvalue weighted by molar-refractivity contribution is 5.91. The van der Waals surface area contributed by atoms with Crippen LogP contribution in [0.25, 0.3) is 0 Å². The number of furan rings is 1. The zero-order valence-corrected chi connectivity index (χ0v) is 15.3. The lowest BCUT2D eigenvalue weighted by Crippen LogP contribution is -2.39. The molecular formula is C18H27N5O2. The van der Waals surface area contributed by atoms with E-state index in [0.717, 1.165) is 37.6 Å². The van der Waals surface area contributed by atoms with Crippen molar-refractivity contribution in [2.75, 3.05) is 20.6 Å². The molecule has 1 fully saturated rings. The summed E-state index contributed by atoms with van der Waals surface area (Å²) in [5.74, 6) is 1.88. The predicted octanol–water partition coefficient (Wildman–Crippen LogP) is 2.33. The van der Waals surface area contributed by atoms with Gasteiger partial charge in [-0.15, -0.1) is 5.10 Å². The van der Waals surface area contributed by atoms with Gasteiger partial charge in [0.15, 0.2) is 5.69 Å². The first-order chi connectivity index (χ1) is 12.0. The van der Waals surface area contributed by atoms with Gasteiger partial charge in [0.1, 0.15) is 11.5 Å². The molecule has 3 rings (SSSR count). The Morgan fingerprint density at radius 2 is 2.20 bits per heavy atom. The minimum atomic E-state index is -0.112. The van der Waals surface area contributed by atoms with Gasteiger partial charge in [0.2, 0.25) is 0 Å². The molecule has 0 aromatic carbocycles. The molecule has 0 N–H and O–H groups in total. The Morgan fingerprint density at radius 1 is 1.36 bits per heavy atom. The van der Waals surface area contributed by atoms with Gasteiger partial charge in [0, 0.05) is 26.7 Å². The monoisotopic (exact) mass is 345 g/mol. The highest BCUT2D eigenvalue weighted by Crippen LogP contribution is 2.23. The van der Waals surface area contributed by atoms with Crippen molar-refractivity contribution in [3.05, 3.63) is 35.5 Å². The van der Waals surface area contributed by atoms with E-state index < -0.39 is 0 Å². The Morgan fingerprint density at radius 3 is 2.92 bits per heavy atom. The van der Waals surface area contributed by atoms with E-state index in [4.69, 9.17) is 4.42 Å².